The molecule has 3 aromatic rings. The van der Waals surface area contributed by atoms with E-state index in [1.54, 1.807) is 16.8 Å². The van der Waals surface area contributed by atoms with Gasteiger partial charge in [-0.15, -0.1) is 5.10 Å². The maximum absolute atomic E-state index is 10.2. The highest BCUT2D eigenvalue weighted by Gasteiger charge is 2.19. The molecule has 2 aromatic heterocycles. The number of aryl methyl sites for hydroxylation is 1. The number of nitrogens with one attached hydrogen (secondary N) is 2. The second kappa shape index (κ2) is 8.99. The summed E-state index contributed by atoms with van der Waals surface area (Å²) in [5, 5.41) is 44.4. The summed E-state index contributed by atoms with van der Waals surface area (Å²) in [4.78, 5) is 9.00. The lowest BCUT2D eigenvalue weighted by molar-refractivity contribution is 0.248. The summed E-state index contributed by atoms with van der Waals surface area (Å²) in [6.45, 7) is 6.59. The van der Waals surface area contributed by atoms with Gasteiger partial charge in [0.05, 0.1) is 19.8 Å². The number of rotatable bonds is 9. The number of hydrogen-bond acceptors (Lipinski definition) is 10. The van der Waals surface area contributed by atoms with Gasteiger partial charge >= 0.3 is 0 Å². The van der Waals surface area contributed by atoms with Crippen molar-refractivity contribution in [3.05, 3.63) is 17.7 Å². The van der Waals surface area contributed by atoms with Crippen molar-refractivity contribution in [1.29, 1.82) is 0 Å². The van der Waals surface area contributed by atoms with E-state index in [-0.39, 0.29) is 42.4 Å². The van der Waals surface area contributed by atoms with Crippen LogP contribution in [0.25, 0.3) is 11.2 Å². The third kappa shape index (κ3) is 4.15. The van der Waals surface area contributed by atoms with Crippen molar-refractivity contribution < 1.29 is 20.1 Å². The van der Waals surface area contributed by atoms with E-state index in [4.69, 9.17) is 4.74 Å². The first-order valence-electron chi connectivity index (χ1n) is 9.69. The number of hydrogen-bond donors (Lipinski definition) is 5. The van der Waals surface area contributed by atoms with E-state index in [0.717, 1.165) is 0 Å². The normalized spacial score (nSPS) is 12.3. The van der Waals surface area contributed by atoms with Crippen LogP contribution in [-0.2, 0) is 13.1 Å². The zero-order chi connectivity index (χ0) is 21.8. The van der Waals surface area contributed by atoms with Gasteiger partial charge in [0, 0.05) is 18.7 Å². The van der Waals surface area contributed by atoms with Gasteiger partial charge in [0.2, 0.25) is 11.7 Å². The number of methoxy groups -OCH3 is 1. The Morgan fingerprint density at radius 2 is 1.93 bits per heavy atom. The molecule has 0 amide bonds. The third-order valence-electron chi connectivity index (χ3n) is 4.84. The average Bonchev–Trinajstić information content (AvgIpc) is 3.15. The molecule has 11 nitrogen and oxygen atoms in total. The van der Waals surface area contributed by atoms with Crippen LogP contribution in [0.5, 0.6) is 17.2 Å². The topological polar surface area (TPSA) is 150 Å². The molecule has 1 atom stereocenters. The van der Waals surface area contributed by atoms with Crippen molar-refractivity contribution >= 4 is 22.9 Å². The minimum Gasteiger partial charge on any atom is -0.504 e. The van der Waals surface area contributed by atoms with Crippen LogP contribution < -0.4 is 15.4 Å². The lowest BCUT2D eigenvalue weighted by Crippen LogP contribution is -2.30. The second-order valence-corrected chi connectivity index (χ2v) is 7.13. The first-order chi connectivity index (χ1) is 14.4. The predicted octanol–water partition coefficient (Wildman–Crippen LogP) is 1.70. The number of phenolic OH excluding ortho intramolecular Hbond substituents is 2. The number of aliphatic hydroxyl groups is 1. The van der Waals surface area contributed by atoms with Crippen LogP contribution in [0.4, 0.5) is 11.8 Å². The Morgan fingerprint density at radius 1 is 1.17 bits per heavy atom. The molecule has 5 N–H and O–H groups in total. The van der Waals surface area contributed by atoms with Crippen LogP contribution >= 0.6 is 0 Å². The summed E-state index contributed by atoms with van der Waals surface area (Å²) >= 11 is 0. The van der Waals surface area contributed by atoms with Gasteiger partial charge in [0.15, 0.2) is 28.5 Å². The Kier molecular flexibility index (Phi) is 6.40. The van der Waals surface area contributed by atoms with Gasteiger partial charge < -0.3 is 30.7 Å². The maximum Gasteiger partial charge on any atom is 0.227 e. The summed E-state index contributed by atoms with van der Waals surface area (Å²) in [7, 11) is 1.41. The van der Waals surface area contributed by atoms with Crippen molar-refractivity contribution in [3.63, 3.8) is 0 Å². The van der Waals surface area contributed by atoms with Crippen LogP contribution in [0.1, 0.15) is 26.3 Å². The third-order valence-corrected chi connectivity index (χ3v) is 4.84. The summed E-state index contributed by atoms with van der Waals surface area (Å²) in [6, 6.07) is 2.99. The quantitative estimate of drug-likeness (QED) is 0.325. The van der Waals surface area contributed by atoms with E-state index in [0.29, 0.717) is 35.0 Å². The molecule has 0 radical (unpaired) electrons. The van der Waals surface area contributed by atoms with Crippen LogP contribution in [0.2, 0.25) is 0 Å². The number of aliphatic hydroxyl groups excluding tert-OH is 1. The number of ether oxygens (including phenoxy) is 1. The van der Waals surface area contributed by atoms with Gasteiger partial charge in [0.1, 0.15) is 0 Å². The SMILES string of the molecule is CCn1nnc2c(NCc3ccc(OC)c(O)c3O)nc(NC(CO)C(C)C)nc21. The molecule has 0 aliphatic rings. The second-order valence-electron chi connectivity index (χ2n) is 7.13. The maximum atomic E-state index is 10.2. The Hall–Kier alpha value is -3.34. The smallest absolute Gasteiger partial charge is 0.227 e. The van der Waals surface area contributed by atoms with Crippen LogP contribution in [0.3, 0.4) is 0 Å². The average molecular weight is 417 g/mol. The molecule has 0 aliphatic heterocycles. The minimum absolute atomic E-state index is 0.0634. The van der Waals surface area contributed by atoms with Gasteiger partial charge in [0.25, 0.3) is 0 Å². The van der Waals surface area contributed by atoms with Crippen LogP contribution in [-0.4, -0.2) is 60.0 Å². The molecule has 0 fully saturated rings. The van der Waals surface area contributed by atoms with Gasteiger partial charge in [-0.3, -0.25) is 0 Å². The molecule has 0 bridgehead atoms. The highest BCUT2D eigenvalue weighted by atomic mass is 16.5. The molecule has 0 saturated carbocycles. The van der Waals surface area contributed by atoms with Crippen molar-refractivity contribution in [2.75, 3.05) is 24.4 Å². The molecule has 2 heterocycles. The highest BCUT2D eigenvalue weighted by molar-refractivity contribution is 5.83. The molecule has 11 heteroatoms. The molecule has 0 saturated heterocycles. The lowest BCUT2D eigenvalue weighted by Gasteiger charge is -2.20. The van der Waals surface area contributed by atoms with Gasteiger partial charge in [-0.05, 0) is 25.0 Å². The molecule has 1 unspecified atom stereocenters. The van der Waals surface area contributed by atoms with E-state index in [2.05, 4.69) is 30.9 Å². The molecular formula is C19H27N7O4. The van der Waals surface area contributed by atoms with Crippen molar-refractivity contribution in [3.8, 4) is 17.2 Å². The summed E-state index contributed by atoms with van der Waals surface area (Å²) in [5.41, 5.74) is 1.47. The predicted molar refractivity (Wildman–Crippen MR) is 112 cm³/mol. The molecule has 30 heavy (non-hydrogen) atoms. The van der Waals surface area contributed by atoms with Crippen molar-refractivity contribution in [2.45, 2.75) is 39.9 Å². The van der Waals surface area contributed by atoms with E-state index in [9.17, 15) is 15.3 Å². The van der Waals surface area contributed by atoms with E-state index in [1.165, 1.54) is 7.11 Å². The number of benzene rings is 1. The molecular weight excluding hydrogens is 390 g/mol. The highest BCUT2D eigenvalue weighted by Crippen LogP contribution is 2.38. The van der Waals surface area contributed by atoms with Crippen molar-refractivity contribution in [1.82, 2.24) is 25.0 Å². The Labute approximate surface area is 173 Å². The monoisotopic (exact) mass is 417 g/mol. The fourth-order valence-electron chi connectivity index (χ4n) is 2.94. The first-order valence-corrected chi connectivity index (χ1v) is 9.69. The Balaban J connectivity index is 1.94. The van der Waals surface area contributed by atoms with E-state index >= 15 is 0 Å². The van der Waals surface area contributed by atoms with E-state index in [1.807, 2.05) is 20.8 Å². The van der Waals surface area contributed by atoms with Gasteiger partial charge in [-0.2, -0.15) is 9.97 Å². The lowest BCUT2D eigenvalue weighted by atomic mass is 10.1. The zero-order valence-electron chi connectivity index (χ0n) is 17.4. The fraction of sp³-hybridized carbons (Fsp3) is 0.474. The number of anilines is 2. The molecule has 3 rings (SSSR count). The fourth-order valence-corrected chi connectivity index (χ4v) is 2.94. The van der Waals surface area contributed by atoms with E-state index < -0.39 is 0 Å². The number of aromatic nitrogens is 5. The number of phenols is 2. The van der Waals surface area contributed by atoms with Crippen molar-refractivity contribution in [2.24, 2.45) is 5.92 Å². The Morgan fingerprint density at radius 3 is 2.57 bits per heavy atom. The molecule has 0 aliphatic carbocycles. The minimum atomic E-state index is -0.327. The summed E-state index contributed by atoms with van der Waals surface area (Å²) in [5.74, 6) is 0.490. The zero-order valence-corrected chi connectivity index (χ0v) is 17.4. The first kappa shape index (κ1) is 21.4. The van der Waals surface area contributed by atoms with Gasteiger partial charge in [-0.25, -0.2) is 4.68 Å². The standard InChI is InChI=1S/C19H27N7O4/c1-5-26-18-14(24-25-26)17(22-19(23-18)21-12(9-27)10(2)3)20-8-11-6-7-13(30-4)16(29)15(11)28/h6-7,10,12,27-29H,5,8-9H2,1-4H3,(H2,20,21,22,23). The summed E-state index contributed by atoms with van der Waals surface area (Å²) in [6.07, 6.45) is 0. The number of fused-ring (bicyclic) bond motifs is 1. The van der Waals surface area contributed by atoms with Crippen LogP contribution in [0.15, 0.2) is 12.1 Å². The summed E-state index contributed by atoms with van der Waals surface area (Å²) < 4.78 is 6.64. The molecule has 162 valence electrons. The number of aromatic hydroxyl groups is 2. The Bertz CT molecular complexity index is 1020. The molecule has 0 spiro atoms. The largest absolute Gasteiger partial charge is 0.504 e. The number of nitrogens with zero attached hydrogens (tertiary/aromatic N) is 5. The van der Waals surface area contributed by atoms with Crippen LogP contribution in [0, 0.1) is 5.92 Å². The van der Waals surface area contributed by atoms with Gasteiger partial charge in [-0.1, -0.05) is 19.1 Å². The molecule has 1 aromatic carbocycles.